The van der Waals surface area contributed by atoms with Gasteiger partial charge in [-0.3, -0.25) is 4.79 Å². The van der Waals surface area contributed by atoms with Crippen molar-refractivity contribution in [3.63, 3.8) is 0 Å². The first-order valence-electron chi connectivity index (χ1n) is 9.31. The molecule has 1 heterocycles. The highest BCUT2D eigenvalue weighted by molar-refractivity contribution is 7.90. The number of rotatable bonds is 4. The number of nitrogens with zero attached hydrogens (tertiary/aromatic N) is 1. The van der Waals surface area contributed by atoms with Gasteiger partial charge in [0.15, 0.2) is 21.4 Å². The van der Waals surface area contributed by atoms with Crippen LogP contribution >= 0.6 is 0 Å². The number of ether oxygens (including phenoxy) is 1. The summed E-state index contributed by atoms with van der Waals surface area (Å²) in [5, 5.41) is 0.429. The monoisotopic (exact) mass is 459 g/mol. The van der Waals surface area contributed by atoms with Gasteiger partial charge in [0.25, 0.3) is 5.56 Å². The largest absolute Gasteiger partial charge is 0.454 e. The Morgan fingerprint density at radius 1 is 0.812 bits per heavy atom. The molecule has 0 saturated heterocycles. The van der Waals surface area contributed by atoms with Crippen LogP contribution in [0.15, 0.2) is 70.5 Å². The maximum Gasteiger partial charge on any atom is 0.258 e. The minimum atomic E-state index is -3.64. The van der Waals surface area contributed by atoms with Crippen LogP contribution in [0.25, 0.3) is 21.9 Å². The Balaban J connectivity index is 2.03. The Morgan fingerprint density at radius 2 is 1.47 bits per heavy atom. The standard InChI is InChI=1S/C23H16F3NO4S/c1-27-12-19(17-9-13(24)3-6-16(17)23(27)28)18-11-15(32(2,29)30)5-8-21(18)31-22-7-4-14(25)10-20(22)26/h3-12H,1-2H3. The number of benzene rings is 3. The number of fused-ring (bicyclic) bond motifs is 1. The van der Waals surface area contributed by atoms with Gasteiger partial charge in [0, 0.05) is 42.1 Å². The Hall–Kier alpha value is -3.59. The molecular weight excluding hydrogens is 443 g/mol. The lowest BCUT2D eigenvalue weighted by Crippen LogP contribution is -2.16. The Bertz CT molecular complexity index is 1550. The fourth-order valence-corrected chi connectivity index (χ4v) is 4.02. The molecule has 0 amide bonds. The van der Waals surface area contributed by atoms with Gasteiger partial charge in [-0.2, -0.15) is 0 Å². The molecule has 0 saturated carbocycles. The number of pyridine rings is 1. The molecule has 164 valence electrons. The van der Waals surface area contributed by atoms with E-state index >= 15 is 0 Å². The predicted octanol–water partition coefficient (Wildman–Crippen LogP) is 4.82. The van der Waals surface area contributed by atoms with Crippen molar-refractivity contribution in [1.29, 1.82) is 0 Å². The molecule has 5 nitrogen and oxygen atoms in total. The van der Waals surface area contributed by atoms with E-state index < -0.39 is 27.3 Å². The van der Waals surface area contributed by atoms with Gasteiger partial charge in [-0.05, 0) is 53.9 Å². The van der Waals surface area contributed by atoms with Crippen LogP contribution in [0, 0.1) is 17.5 Å². The molecule has 0 spiro atoms. The summed E-state index contributed by atoms with van der Waals surface area (Å²) < 4.78 is 72.8. The third-order valence-corrected chi connectivity index (χ3v) is 6.04. The molecule has 3 aromatic carbocycles. The molecule has 4 rings (SSSR count). The van der Waals surface area contributed by atoms with Gasteiger partial charge in [0.1, 0.15) is 17.4 Å². The molecule has 0 aliphatic rings. The number of aryl methyl sites for hydroxylation is 1. The molecule has 1 aromatic heterocycles. The van der Waals surface area contributed by atoms with Crippen molar-refractivity contribution < 1.29 is 26.3 Å². The lowest BCUT2D eigenvalue weighted by atomic mass is 9.99. The van der Waals surface area contributed by atoms with Crippen LogP contribution in [0.4, 0.5) is 13.2 Å². The molecule has 0 N–H and O–H groups in total. The topological polar surface area (TPSA) is 65.4 Å². The van der Waals surface area contributed by atoms with Gasteiger partial charge in [-0.15, -0.1) is 0 Å². The summed E-state index contributed by atoms with van der Waals surface area (Å²) in [5.74, 6) is -2.60. The average Bonchev–Trinajstić information content (AvgIpc) is 2.72. The Kier molecular flexibility index (Phi) is 5.29. The SMILES string of the molecule is Cn1cc(-c2cc(S(C)(=O)=O)ccc2Oc2ccc(F)cc2F)c2cc(F)ccc2c1=O. The fourth-order valence-electron chi connectivity index (χ4n) is 3.37. The Labute approximate surface area is 181 Å². The zero-order valence-electron chi connectivity index (χ0n) is 16.9. The molecule has 0 bridgehead atoms. The maximum atomic E-state index is 14.2. The first-order chi connectivity index (χ1) is 15.0. The van der Waals surface area contributed by atoms with Crippen LogP contribution in [-0.4, -0.2) is 19.2 Å². The highest BCUT2D eigenvalue weighted by atomic mass is 32.2. The molecule has 0 radical (unpaired) electrons. The van der Waals surface area contributed by atoms with Crippen LogP contribution < -0.4 is 10.3 Å². The molecule has 0 fully saturated rings. The quantitative estimate of drug-likeness (QED) is 0.439. The summed E-state index contributed by atoms with van der Waals surface area (Å²) in [6.07, 6.45) is 2.43. The third kappa shape index (κ3) is 3.99. The predicted molar refractivity (Wildman–Crippen MR) is 114 cm³/mol. The number of sulfone groups is 1. The van der Waals surface area contributed by atoms with E-state index in [1.54, 1.807) is 0 Å². The molecule has 0 aliphatic heterocycles. The zero-order valence-corrected chi connectivity index (χ0v) is 17.7. The number of halogens is 3. The summed E-state index contributed by atoms with van der Waals surface area (Å²) >= 11 is 0. The van der Waals surface area contributed by atoms with Crippen molar-refractivity contribution >= 4 is 20.6 Å². The second kappa shape index (κ2) is 7.83. The van der Waals surface area contributed by atoms with Crippen LogP contribution in [0.1, 0.15) is 0 Å². The molecule has 32 heavy (non-hydrogen) atoms. The molecule has 0 atom stereocenters. The summed E-state index contributed by atoms with van der Waals surface area (Å²) in [4.78, 5) is 12.5. The lowest BCUT2D eigenvalue weighted by Gasteiger charge is -2.16. The summed E-state index contributed by atoms with van der Waals surface area (Å²) in [7, 11) is -2.14. The van der Waals surface area contributed by atoms with Crippen molar-refractivity contribution in [3.8, 4) is 22.6 Å². The van der Waals surface area contributed by atoms with E-state index in [9.17, 15) is 26.4 Å². The normalized spacial score (nSPS) is 11.7. The second-order valence-electron chi connectivity index (χ2n) is 7.26. The lowest BCUT2D eigenvalue weighted by molar-refractivity contribution is 0.438. The minimum Gasteiger partial charge on any atom is -0.454 e. The minimum absolute atomic E-state index is 0.0344. The van der Waals surface area contributed by atoms with Gasteiger partial charge in [0.05, 0.1) is 4.90 Å². The van der Waals surface area contributed by atoms with Crippen LogP contribution in [0.2, 0.25) is 0 Å². The average molecular weight is 459 g/mol. The van der Waals surface area contributed by atoms with Crippen LogP contribution in [0.3, 0.4) is 0 Å². The van der Waals surface area contributed by atoms with Crippen LogP contribution in [-0.2, 0) is 16.9 Å². The van der Waals surface area contributed by atoms with E-state index in [1.807, 2.05) is 0 Å². The molecule has 9 heteroatoms. The van der Waals surface area contributed by atoms with Gasteiger partial charge in [0.2, 0.25) is 0 Å². The molecular formula is C23H16F3NO4S. The summed E-state index contributed by atoms with van der Waals surface area (Å²) in [5.41, 5.74) is 0.0996. The van der Waals surface area contributed by atoms with Crippen molar-refractivity contribution in [2.75, 3.05) is 6.26 Å². The zero-order chi connectivity index (χ0) is 23.2. The van der Waals surface area contributed by atoms with E-state index in [1.165, 1.54) is 42.1 Å². The van der Waals surface area contributed by atoms with Crippen LogP contribution in [0.5, 0.6) is 11.5 Å². The van der Waals surface area contributed by atoms with E-state index in [4.69, 9.17) is 4.74 Å². The van der Waals surface area contributed by atoms with Gasteiger partial charge >= 0.3 is 0 Å². The van der Waals surface area contributed by atoms with Gasteiger partial charge < -0.3 is 9.30 Å². The Morgan fingerprint density at radius 3 is 2.16 bits per heavy atom. The highest BCUT2D eigenvalue weighted by Crippen LogP contribution is 2.38. The smallest absolute Gasteiger partial charge is 0.258 e. The fraction of sp³-hybridized carbons (Fsp3) is 0.0870. The van der Waals surface area contributed by atoms with Crippen molar-refractivity contribution in [3.05, 3.63) is 88.6 Å². The number of aromatic nitrogens is 1. The maximum absolute atomic E-state index is 14.2. The molecule has 4 aromatic rings. The number of hydrogen-bond donors (Lipinski definition) is 0. The summed E-state index contributed by atoms with van der Waals surface area (Å²) in [6, 6.07) is 10.3. The summed E-state index contributed by atoms with van der Waals surface area (Å²) in [6.45, 7) is 0. The molecule has 0 aliphatic carbocycles. The van der Waals surface area contributed by atoms with Gasteiger partial charge in [-0.25, -0.2) is 21.6 Å². The number of hydrogen-bond acceptors (Lipinski definition) is 4. The van der Waals surface area contributed by atoms with Crippen molar-refractivity contribution in [2.45, 2.75) is 4.90 Å². The van der Waals surface area contributed by atoms with E-state index in [0.717, 1.165) is 30.5 Å². The first-order valence-corrected chi connectivity index (χ1v) is 11.2. The van der Waals surface area contributed by atoms with E-state index in [2.05, 4.69) is 0 Å². The first kappa shape index (κ1) is 21.6. The van der Waals surface area contributed by atoms with Gasteiger partial charge in [-0.1, -0.05) is 0 Å². The van der Waals surface area contributed by atoms with E-state index in [0.29, 0.717) is 11.6 Å². The highest BCUT2D eigenvalue weighted by Gasteiger charge is 2.19. The van der Waals surface area contributed by atoms with E-state index in [-0.39, 0.29) is 38.3 Å². The third-order valence-electron chi connectivity index (χ3n) is 4.93. The second-order valence-corrected chi connectivity index (χ2v) is 9.27. The van der Waals surface area contributed by atoms with Crippen molar-refractivity contribution in [1.82, 2.24) is 4.57 Å². The van der Waals surface area contributed by atoms with Crippen molar-refractivity contribution in [2.24, 2.45) is 7.05 Å². The molecule has 0 unspecified atom stereocenters.